The first-order valence-corrected chi connectivity index (χ1v) is 6.25. The summed E-state index contributed by atoms with van der Waals surface area (Å²) >= 11 is 0. The molecule has 0 aromatic heterocycles. The number of aliphatic hydroxyl groups excluding tert-OH is 4. The Morgan fingerprint density at radius 1 is 1.42 bits per heavy atom. The van der Waals surface area contributed by atoms with Crippen molar-refractivity contribution in [1.29, 1.82) is 0 Å². The molecule has 0 aromatic carbocycles. The SMILES string of the molecule is CCCCC(O)COC1=C(O)C(=O)OC1C(O)CO. The molecule has 110 valence electrons. The molecule has 3 atom stereocenters. The third-order valence-electron chi connectivity index (χ3n) is 2.78. The van der Waals surface area contributed by atoms with Crippen molar-refractivity contribution < 1.29 is 34.7 Å². The summed E-state index contributed by atoms with van der Waals surface area (Å²) in [4.78, 5) is 11.2. The van der Waals surface area contributed by atoms with Gasteiger partial charge in [0.25, 0.3) is 0 Å². The predicted octanol–water partition coefficient (Wildman–Crippen LogP) is -0.398. The normalized spacial score (nSPS) is 22.3. The van der Waals surface area contributed by atoms with Crippen molar-refractivity contribution in [2.75, 3.05) is 13.2 Å². The van der Waals surface area contributed by atoms with Gasteiger partial charge in [0, 0.05) is 0 Å². The monoisotopic (exact) mass is 276 g/mol. The van der Waals surface area contributed by atoms with E-state index in [1.807, 2.05) is 6.92 Å². The maximum absolute atomic E-state index is 11.2. The molecule has 1 aliphatic heterocycles. The number of hydrogen-bond acceptors (Lipinski definition) is 7. The van der Waals surface area contributed by atoms with E-state index in [4.69, 9.17) is 9.84 Å². The van der Waals surface area contributed by atoms with Crippen molar-refractivity contribution in [3.05, 3.63) is 11.5 Å². The van der Waals surface area contributed by atoms with E-state index in [0.29, 0.717) is 6.42 Å². The second-order valence-corrected chi connectivity index (χ2v) is 4.40. The molecule has 1 rings (SSSR count). The van der Waals surface area contributed by atoms with Crippen LogP contribution >= 0.6 is 0 Å². The number of rotatable bonds is 8. The summed E-state index contributed by atoms with van der Waals surface area (Å²) in [5.41, 5.74) is 0. The molecule has 0 aromatic rings. The standard InChI is InChI=1S/C12H20O7/c1-2-3-4-7(14)6-18-11-9(16)12(17)19-10(11)8(15)5-13/h7-8,10,13-16H,2-6H2,1H3. The number of hydrogen-bond donors (Lipinski definition) is 4. The van der Waals surface area contributed by atoms with Crippen LogP contribution in [0, 0.1) is 0 Å². The average Bonchev–Trinajstić information content (AvgIpc) is 2.69. The van der Waals surface area contributed by atoms with Gasteiger partial charge in [0.2, 0.25) is 5.76 Å². The van der Waals surface area contributed by atoms with Crippen LogP contribution in [0.1, 0.15) is 26.2 Å². The molecular weight excluding hydrogens is 256 g/mol. The van der Waals surface area contributed by atoms with E-state index in [0.717, 1.165) is 12.8 Å². The average molecular weight is 276 g/mol. The van der Waals surface area contributed by atoms with E-state index in [9.17, 15) is 20.1 Å². The van der Waals surface area contributed by atoms with E-state index < -0.39 is 36.6 Å². The van der Waals surface area contributed by atoms with E-state index in [1.165, 1.54) is 0 Å². The Bertz CT molecular complexity index is 339. The minimum atomic E-state index is -1.38. The number of carbonyl (C=O) groups excluding carboxylic acids is 1. The highest BCUT2D eigenvalue weighted by molar-refractivity contribution is 5.89. The van der Waals surface area contributed by atoms with Crippen molar-refractivity contribution in [3.8, 4) is 0 Å². The third-order valence-corrected chi connectivity index (χ3v) is 2.78. The summed E-state index contributed by atoms with van der Waals surface area (Å²) in [5, 5.41) is 37.4. The Balaban J connectivity index is 2.59. The van der Waals surface area contributed by atoms with E-state index in [1.54, 1.807) is 0 Å². The van der Waals surface area contributed by atoms with Gasteiger partial charge in [-0.05, 0) is 6.42 Å². The lowest BCUT2D eigenvalue weighted by Crippen LogP contribution is -2.33. The van der Waals surface area contributed by atoms with Crippen LogP contribution in [0.4, 0.5) is 0 Å². The van der Waals surface area contributed by atoms with Gasteiger partial charge >= 0.3 is 5.97 Å². The molecule has 0 spiro atoms. The number of unbranched alkanes of at least 4 members (excludes halogenated alkanes) is 1. The molecule has 1 aliphatic rings. The second-order valence-electron chi connectivity index (χ2n) is 4.40. The fraction of sp³-hybridized carbons (Fsp3) is 0.750. The molecule has 0 bridgehead atoms. The summed E-state index contributed by atoms with van der Waals surface area (Å²) in [6, 6.07) is 0. The fourth-order valence-electron chi connectivity index (χ4n) is 1.67. The Hall–Kier alpha value is -1.31. The van der Waals surface area contributed by atoms with Crippen molar-refractivity contribution >= 4 is 5.97 Å². The van der Waals surface area contributed by atoms with Gasteiger partial charge < -0.3 is 29.9 Å². The summed E-state index contributed by atoms with van der Waals surface area (Å²) in [7, 11) is 0. The zero-order valence-electron chi connectivity index (χ0n) is 10.8. The number of ether oxygens (including phenoxy) is 2. The predicted molar refractivity (Wildman–Crippen MR) is 64.1 cm³/mol. The summed E-state index contributed by atoms with van der Waals surface area (Å²) in [6.07, 6.45) is -1.06. The van der Waals surface area contributed by atoms with Gasteiger partial charge in [-0.25, -0.2) is 4.79 Å². The number of esters is 1. The third kappa shape index (κ3) is 4.09. The van der Waals surface area contributed by atoms with Crippen LogP contribution in [0.25, 0.3) is 0 Å². The lowest BCUT2D eigenvalue weighted by Gasteiger charge is -2.19. The molecular formula is C12H20O7. The van der Waals surface area contributed by atoms with Gasteiger partial charge in [-0.15, -0.1) is 0 Å². The smallest absolute Gasteiger partial charge is 0.378 e. The highest BCUT2D eigenvalue weighted by atomic mass is 16.6. The van der Waals surface area contributed by atoms with Crippen molar-refractivity contribution in [1.82, 2.24) is 0 Å². The van der Waals surface area contributed by atoms with Crippen LogP contribution < -0.4 is 0 Å². The molecule has 7 heteroatoms. The van der Waals surface area contributed by atoms with E-state index in [2.05, 4.69) is 4.74 Å². The van der Waals surface area contributed by atoms with Crippen molar-refractivity contribution in [2.24, 2.45) is 0 Å². The van der Waals surface area contributed by atoms with Crippen LogP contribution in [-0.2, 0) is 14.3 Å². The molecule has 0 saturated heterocycles. The first-order valence-electron chi connectivity index (χ1n) is 6.25. The Morgan fingerprint density at radius 2 is 2.11 bits per heavy atom. The molecule has 0 amide bonds. The van der Waals surface area contributed by atoms with Crippen LogP contribution in [0.15, 0.2) is 11.5 Å². The maximum atomic E-state index is 11.2. The molecule has 0 fully saturated rings. The van der Waals surface area contributed by atoms with Crippen LogP contribution in [-0.4, -0.2) is 57.9 Å². The topological polar surface area (TPSA) is 116 Å². The van der Waals surface area contributed by atoms with Gasteiger partial charge in [0.05, 0.1) is 12.7 Å². The summed E-state index contributed by atoms with van der Waals surface area (Å²) < 4.78 is 9.82. The molecule has 4 N–H and O–H groups in total. The maximum Gasteiger partial charge on any atom is 0.378 e. The van der Waals surface area contributed by atoms with Crippen LogP contribution in [0.3, 0.4) is 0 Å². The largest absolute Gasteiger partial charge is 0.499 e. The zero-order chi connectivity index (χ0) is 14.4. The number of carbonyl (C=O) groups is 1. The second kappa shape index (κ2) is 7.32. The minimum Gasteiger partial charge on any atom is -0.499 e. The van der Waals surface area contributed by atoms with E-state index >= 15 is 0 Å². The molecule has 7 nitrogen and oxygen atoms in total. The first-order chi connectivity index (χ1) is 9.01. The van der Waals surface area contributed by atoms with Gasteiger partial charge in [0.1, 0.15) is 12.7 Å². The number of aliphatic hydroxyl groups is 4. The highest BCUT2D eigenvalue weighted by Gasteiger charge is 2.40. The summed E-state index contributed by atoms with van der Waals surface area (Å²) in [6.45, 7) is 1.22. The van der Waals surface area contributed by atoms with Crippen molar-refractivity contribution in [3.63, 3.8) is 0 Å². The van der Waals surface area contributed by atoms with Gasteiger partial charge in [-0.2, -0.15) is 0 Å². The zero-order valence-corrected chi connectivity index (χ0v) is 10.8. The van der Waals surface area contributed by atoms with Crippen LogP contribution in [0.5, 0.6) is 0 Å². The Morgan fingerprint density at radius 3 is 2.68 bits per heavy atom. The van der Waals surface area contributed by atoms with Crippen LogP contribution in [0.2, 0.25) is 0 Å². The van der Waals surface area contributed by atoms with Gasteiger partial charge in [-0.1, -0.05) is 19.8 Å². The molecule has 19 heavy (non-hydrogen) atoms. The lowest BCUT2D eigenvalue weighted by atomic mass is 10.1. The van der Waals surface area contributed by atoms with Crippen molar-refractivity contribution in [2.45, 2.75) is 44.5 Å². The van der Waals surface area contributed by atoms with E-state index in [-0.39, 0.29) is 12.4 Å². The molecule has 0 aliphatic carbocycles. The minimum absolute atomic E-state index is 0.120. The van der Waals surface area contributed by atoms with Gasteiger partial charge in [0.15, 0.2) is 11.9 Å². The molecule has 0 radical (unpaired) electrons. The van der Waals surface area contributed by atoms with Gasteiger partial charge in [-0.3, -0.25) is 0 Å². The molecule has 0 saturated carbocycles. The Kier molecular flexibility index (Phi) is 6.07. The first kappa shape index (κ1) is 15.7. The lowest BCUT2D eigenvalue weighted by molar-refractivity contribution is -0.148. The molecule has 3 unspecified atom stereocenters. The fourth-order valence-corrected chi connectivity index (χ4v) is 1.67. The Labute approximate surface area is 111 Å². The quantitative estimate of drug-likeness (QED) is 0.446. The number of cyclic esters (lactones) is 1. The summed E-state index contributed by atoms with van der Waals surface area (Å²) in [5.74, 6) is -2.00. The highest BCUT2D eigenvalue weighted by Crippen LogP contribution is 2.25. The molecule has 1 heterocycles.